The minimum Gasteiger partial charge on any atom is -0.368 e. The van der Waals surface area contributed by atoms with E-state index < -0.39 is 0 Å². The van der Waals surface area contributed by atoms with Crippen molar-refractivity contribution < 1.29 is 9.53 Å². The third-order valence-electron chi connectivity index (χ3n) is 4.86. The van der Waals surface area contributed by atoms with E-state index in [0.717, 1.165) is 58.4 Å². The molecule has 0 radical (unpaired) electrons. The van der Waals surface area contributed by atoms with Gasteiger partial charge in [0.1, 0.15) is 6.61 Å². The first-order valence-corrected chi connectivity index (χ1v) is 9.17. The number of carbonyl (C=O) groups excluding carboxylic acids is 1. The lowest BCUT2D eigenvalue weighted by Crippen LogP contribution is -2.48. The van der Waals surface area contributed by atoms with E-state index >= 15 is 0 Å². The maximum atomic E-state index is 12.1. The molecule has 1 amide bonds. The van der Waals surface area contributed by atoms with Gasteiger partial charge in [0.15, 0.2) is 0 Å². The standard InChI is InChI=1S/C19H29N3O2/c23-19(15-24-18-8-10-20-11-9-18)21-17-7-4-12-22(14-17)13-16-5-2-1-3-6-16/h1-3,5-6,17-18,20H,4,7-15H2,(H,21,23). The second kappa shape index (κ2) is 9.16. The number of carbonyl (C=O) groups is 1. The number of ether oxygens (including phenoxy) is 1. The van der Waals surface area contributed by atoms with Gasteiger partial charge in [0.05, 0.1) is 6.10 Å². The van der Waals surface area contributed by atoms with Gasteiger partial charge in [0, 0.05) is 19.1 Å². The Balaban J connectivity index is 1.39. The van der Waals surface area contributed by atoms with E-state index in [1.165, 1.54) is 5.56 Å². The Morgan fingerprint density at radius 2 is 2.00 bits per heavy atom. The Morgan fingerprint density at radius 3 is 2.79 bits per heavy atom. The van der Waals surface area contributed by atoms with E-state index in [4.69, 9.17) is 4.74 Å². The van der Waals surface area contributed by atoms with Crippen molar-refractivity contribution in [3.63, 3.8) is 0 Å². The molecular weight excluding hydrogens is 302 g/mol. The van der Waals surface area contributed by atoms with Crippen LogP contribution < -0.4 is 10.6 Å². The van der Waals surface area contributed by atoms with Gasteiger partial charge in [-0.3, -0.25) is 9.69 Å². The van der Waals surface area contributed by atoms with Crippen molar-refractivity contribution in [2.24, 2.45) is 0 Å². The first-order chi connectivity index (χ1) is 11.8. The maximum absolute atomic E-state index is 12.1. The minimum atomic E-state index is 0.0279. The quantitative estimate of drug-likeness (QED) is 0.830. The van der Waals surface area contributed by atoms with Gasteiger partial charge in [0.2, 0.25) is 5.91 Å². The van der Waals surface area contributed by atoms with Crippen LogP contribution in [-0.4, -0.2) is 55.7 Å². The summed E-state index contributed by atoms with van der Waals surface area (Å²) < 4.78 is 5.74. The van der Waals surface area contributed by atoms with E-state index in [9.17, 15) is 4.79 Å². The summed E-state index contributed by atoms with van der Waals surface area (Å²) in [5.41, 5.74) is 1.33. The molecule has 5 heteroatoms. The van der Waals surface area contributed by atoms with Gasteiger partial charge in [-0.25, -0.2) is 0 Å². The molecule has 1 aromatic rings. The maximum Gasteiger partial charge on any atom is 0.246 e. The van der Waals surface area contributed by atoms with E-state index in [-0.39, 0.29) is 24.7 Å². The van der Waals surface area contributed by atoms with E-state index in [1.54, 1.807) is 0 Å². The zero-order valence-electron chi connectivity index (χ0n) is 14.4. The number of hydrogen-bond donors (Lipinski definition) is 2. The van der Waals surface area contributed by atoms with Gasteiger partial charge in [-0.05, 0) is 50.9 Å². The number of nitrogens with one attached hydrogen (secondary N) is 2. The van der Waals surface area contributed by atoms with Crippen molar-refractivity contribution in [1.82, 2.24) is 15.5 Å². The molecule has 24 heavy (non-hydrogen) atoms. The van der Waals surface area contributed by atoms with E-state index in [1.807, 2.05) is 6.07 Å². The fourth-order valence-electron chi connectivity index (χ4n) is 3.58. The highest BCUT2D eigenvalue weighted by atomic mass is 16.5. The Bertz CT molecular complexity index is 503. The molecule has 1 aromatic carbocycles. The highest BCUT2D eigenvalue weighted by Crippen LogP contribution is 2.14. The largest absolute Gasteiger partial charge is 0.368 e. The Morgan fingerprint density at radius 1 is 1.21 bits per heavy atom. The summed E-state index contributed by atoms with van der Waals surface area (Å²) in [5.74, 6) is 0.0279. The van der Waals surface area contributed by atoms with Crippen LogP contribution in [0.4, 0.5) is 0 Å². The van der Waals surface area contributed by atoms with Gasteiger partial charge >= 0.3 is 0 Å². The predicted octanol–water partition coefficient (Wildman–Crippen LogP) is 1.54. The van der Waals surface area contributed by atoms with Crippen LogP contribution in [0.5, 0.6) is 0 Å². The molecule has 2 aliphatic rings. The highest BCUT2D eigenvalue weighted by Gasteiger charge is 2.22. The molecule has 2 aliphatic heterocycles. The van der Waals surface area contributed by atoms with E-state index in [2.05, 4.69) is 39.8 Å². The molecule has 2 saturated heterocycles. The van der Waals surface area contributed by atoms with Gasteiger partial charge in [-0.15, -0.1) is 0 Å². The summed E-state index contributed by atoms with van der Waals surface area (Å²) >= 11 is 0. The molecule has 5 nitrogen and oxygen atoms in total. The molecule has 1 unspecified atom stereocenters. The number of benzene rings is 1. The van der Waals surface area contributed by atoms with Gasteiger partial charge in [0.25, 0.3) is 0 Å². The number of nitrogens with zero attached hydrogens (tertiary/aromatic N) is 1. The third-order valence-corrected chi connectivity index (χ3v) is 4.86. The topological polar surface area (TPSA) is 53.6 Å². The average molecular weight is 331 g/mol. The molecule has 0 aromatic heterocycles. The fraction of sp³-hybridized carbons (Fsp3) is 0.632. The number of hydrogen-bond acceptors (Lipinski definition) is 4. The second-order valence-corrected chi connectivity index (χ2v) is 6.89. The third kappa shape index (κ3) is 5.58. The summed E-state index contributed by atoms with van der Waals surface area (Å²) in [4.78, 5) is 14.6. The average Bonchev–Trinajstić information content (AvgIpc) is 2.62. The summed E-state index contributed by atoms with van der Waals surface area (Å²) in [7, 11) is 0. The Labute approximate surface area is 144 Å². The molecule has 0 saturated carbocycles. The monoisotopic (exact) mass is 331 g/mol. The van der Waals surface area contributed by atoms with Crippen LogP contribution in [0.1, 0.15) is 31.2 Å². The minimum absolute atomic E-state index is 0.0279. The van der Waals surface area contributed by atoms with Crippen molar-refractivity contribution in [2.75, 3.05) is 32.8 Å². The number of piperidine rings is 2. The zero-order valence-corrected chi connectivity index (χ0v) is 14.4. The zero-order chi connectivity index (χ0) is 16.6. The molecule has 0 spiro atoms. The smallest absolute Gasteiger partial charge is 0.246 e. The predicted molar refractivity (Wildman–Crippen MR) is 94.7 cm³/mol. The van der Waals surface area contributed by atoms with E-state index in [0.29, 0.717) is 0 Å². The van der Waals surface area contributed by atoms with Crippen molar-refractivity contribution >= 4 is 5.91 Å². The molecule has 2 fully saturated rings. The van der Waals surface area contributed by atoms with Crippen LogP contribution >= 0.6 is 0 Å². The number of likely N-dealkylation sites (tertiary alicyclic amines) is 1. The van der Waals surface area contributed by atoms with Crippen LogP contribution in [0, 0.1) is 0 Å². The lowest BCUT2D eigenvalue weighted by molar-refractivity contribution is -0.129. The molecule has 1 atom stereocenters. The first-order valence-electron chi connectivity index (χ1n) is 9.17. The normalized spacial score (nSPS) is 23.1. The second-order valence-electron chi connectivity index (χ2n) is 6.89. The van der Waals surface area contributed by atoms with Crippen molar-refractivity contribution in [3.05, 3.63) is 35.9 Å². The molecule has 0 bridgehead atoms. The molecule has 2 N–H and O–H groups in total. The summed E-state index contributed by atoms with van der Waals surface area (Å²) in [5, 5.41) is 6.46. The lowest BCUT2D eigenvalue weighted by Gasteiger charge is -2.33. The Hall–Kier alpha value is -1.43. The fourth-order valence-corrected chi connectivity index (χ4v) is 3.58. The SMILES string of the molecule is O=C(COC1CCNCC1)NC1CCCN(Cc2ccccc2)C1. The van der Waals surface area contributed by atoms with Gasteiger partial charge < -0.3 is 15.4 Å². The molecule has 3 rings (SSSR count). The van der Waals surface area contributed by atoms with Crippen molar-refractivity contribution in [3.8, 4) is 0 Å². The van der Waals surface area contributed by atoms with Crippen LogP contribution in [0.25, 0.3) is 0 Å². The van der Waals surface area contributed by atoms with Crippen molar-refractivity contribution in [2.45, 2.75) is 44.4 Å². The van der Waals surface area contributed by atoms with Crippen LogP contribution in [0.2, 0.25) is 0 Å². The first kappa shape index (κ1) is 17.4. The van der Waals surface area contributed by atoms with Gasteiger partial charge in [-0.1, -0.05) is 30.3 Å². The number of amides is 1. The summed E-state index contributed by atoms with van der Waals surface area (Å²) in [6.07, 6.45) is 4.43. The molecular formula is C19H29N3O2. The van der Waals surface area contributed by atoms with Crippen LogP contribution in [0.3, 0.4) is 0 Å². The summed E-state index contributed by atoms with van der Waals surface area (Å²) in [6, 6.07) is 10.8. The van der Waals surface area contributed by atoms with Gasteiger partial charge in [-0.2, -0.15) is 0 Å². The van der Waals surface area contributed by atoms with Crippen molar-refractivity contribution in [1.29, 1.82) is 0 Å². The number of rotatable bonds is 6. The lowest BCUT2D eigenvalue weighted by atomic mass is 10.0. The van der Waals surface area contributed by atoms with Crippen LogP contribution in [-0.2, 0) is 16.1 Å². The molecule has 0 aliphatic carbocycles. The summed E-state index contributed by atoms with van der Waals surface area (Å²) in [6.45, 7) is 5.16. The Kier molecular flexibility index (Phi) is 6.64. The molecule has 2 heterocycles. The molecule has 132 valence electrons. The van der Waals surface area contributed by atoms with Crippen LogP contribution in [0.15, 0.2) is 30.3 Å². The highest BCUT2D eigenvalue weighted by molar-refractivity contribution is 5.77.